The fraction of sp³-hybridized carbons (Fsp3) is 0.438. The van der Waals surface area contributed by atoms with Crippen molar-refractivity contribution in [1.29, 1.82) is 0 Å². The molecule has 26 heavy (non-hydrogen) atoms. The van der Waals surface area contributed by atoms with Gasteiger partial charge in [-0.15, -0.1) is 6.42 Å². The molecule has 1 heterocycles. The quantitative estimate of drug-likeness (QED) is 0.755. The number of alkyl halides is 3. The molecule has 0 aromatic heterocycles. The predicted octanol–water partition coefficient (Wildman–Crippen LogP) is 0.761. The number of halogens is 3. The number of hydrogen-bond acceptors (Lipinski definition) is 4. The number of benzene rings is 1. The first-order chi connectivity index (χ1) is 12.1. The summed E-state index contributed by atoms with van der Waals surface area (Å²) in [6, 6.07) is 3.67. The van der Waals surface area contributed by atoms with Crippen molar-refractivity contribution in [3.8, 4) is 12.3 Å². The number of amides is 1. The summed E-state index contributed by atoms with van der Waals surface area (Å²) in [5, 5.41) is 2.51. The molecule has 1 aliphatic heterocycles. The summed E-state index contributed by atoms with van der Waals surface area (Å²) in [7, 11) is -4.03. The van der Waals surface area contributed by atoms with Crippen LogP contribution in [0.25, 0.3) is 0 Å². The molecular formula is C16H18F3N3O3S. The smallest absolute Gasteiger partial charge is 0.344 e. The van der Waals surface area contributed by atoms with Gasteiger partial charge in [0.1, 0.15) is 0 Å². The van der Waals surface area contributed by atoms with E-state index in [0.717, 1.165) is 22.5 Å². The van der Waals surface area contributed by atoms with Crippen LogP contribution in [0.4, 0.5) is 13.2 Å². The fourth-order valence-corrected chi connectivity index (χ4v) is 3.99. The lowest BCUT2D eigenvalue weighted by Crippen LogP contribution is -2.51. The molecule has 0 aliphatic carbocycles. The van der Waals surface area contributed by atoms with Crippen molar-refractivity contribution >= 4 is 15.9 Å². The van der Waals surface area contributed by atoms with E-state index in [1.165, 1.54) is 0 Å². The van der Waals surface area contributed by atoms with Crippen molar-refractivity contribution in [3.05, 3.63) is 29.8 Å². The minimum Gasteiger partial charge on any atom is -0.344 e. The molecule has 1 saturated heterocycles. The second kappa shape index (κ2) is 8.07. The van der Waals surface area contributed by atoms with Crippen LogP contribution >= 0.6 is 0 Å². The van der Waals surface area contributed by atoms with Crippen molar-refractivity contribution in [3.63, 3.8) is 0 Å². The lowest BCUT2D eigenvalue weighted by molar-refractivity contribution is -0.137. The molecule has 10 heteroatoms. The average molecular weight is 389 g/mol. The van der Waals surface area contributed by atoms with Gasteiger partial charge in [0.15, 0.2) is 0 Å². The van der Waals surface area contributed by atoms with E-state index in [-0.39, 0.29) is 32.1 Å². The van der Waals surface area contributed by atoms with Crippen LogP contribution in [0.15, 0.2) is 29.2 Å². The van der Waals surface area contributed by atoms with Crippen molar-refractivity contribution in [1.82, 2.24) is 14.5 Å². The van der Waals surface area contributed by atoms with Gasteiger partial charge < -0.3 is 5.32 Å². The Bertz CT molecular complexity index is 795. The van der Waals surface area contributed by atoms with Gasteiger partial charge in [0.25, 0.3) is 0 Å². The van der Waals surface area contributed by atoms with Gasteiger partial charge in [-0.25, -0.2) is 8.42 Å². The Morgan fingerprint density at radius 1 is 1.23 bits per heavy atom. The number of hydrogen-bond donors (Lipinski definition) is 1. The van der Waals surface area contributed by atoms with Gasteiger partial charge in [-0.3, -0.25) is 9.69 Å². The molecule has 0 saturated carbocycles. The summed E-state index contributed by atoms with van der Waals surface area (Å²) < 4.78 is 64.7. The Kier molecular flexibility index (Phi) is 6.28. The minimum absolute atomic E-state index is 0.0825. The highest BCUT2D eigenvalue weighted by atomic mass is 32.2. The number of nitrogens with zero attached hydrogens (tertiary/aromatic N) is 2. The summed E-state index contributed by atoms with van der Waals surface area (Å²) in [5.41, 5.74) is -1.01. The third-order valence-electron chi connectivity index (χ3n) is 3.89. The zero-order valence-corrected chi connectivity index (χ0v) is 14.6. The molecule has 1 aromatic carbocycles. The lowest BCUT2D eigenvalue weighted by atomic mass is 10.2. The highest BCUT2D eigenvalue weighted by Gasteiger charge is 2.34. The molecule has 6 nitrogen and oxygen atoms in total. The number of piperazine rings is 1. The number of carbonyl (C=O) groups excluding carboxylic acids is 1. The van der Waals surface area contributed by atoms with Crippen LogP contribution in [0, 0.1) is 12.3 Å². The highest BCUT2D eigenvalue weighted by Crippen LogP contribution is 2.31. The van der Waals surface area contributed by atoms with E-state index in [2.05, 4.69) is 11.2 Å². The van der Waals surface area contributed by atoms with E-state index in [9.17, 15) is 26.4 Å². The maximum absolute atomic E-state index is 12.8. The van der Waals surface area contributed by atoms with Gasteiger partial charge in [0.05, 0.1) is 23.5 Å². The predicted molar refractivity (Wildman–Crippen MR) is 88.5 cm³/mol. The number of carbonyl (C=O) groups is 1. The van der Waals surface area contributed by atoms with Gasteiger partial charge in [-0.05, 0) is 18.2 Å². The van der Waals surface area contributed by atoms with Crippen molar-refractivity contribution in [2.75, 3.05) is 39.3 Å². The first-order valence-corrected chi connectivity index (χ1v) is 9.18. The van der Waals surface area contributed by atoms with Crippen LogP contribution in [0.1, 0.15) is 5.56 Å². The van der Waals surface area contributed by atoms with Crippen molar-refractivity contribution in [2.24, 2.45) is 0 Å². The Hall–Kier alpha value is -2.09. The molecule has 0 spiro atoms. The van der Waals surface area contributed by atoms with Gasteiger partial charge in [0.2, 0.25) is 15.9 Å². The molecule has 1 N–H and O–H groups in total. The molecular weight excluding hydrogens is 371 g/mol. The van der Waals surface area contributed by atoms with Gasteiger partial charge in [-0.1, -0.05) is 12.0 Å². The first kappa shape index (κ1) is 20.2. The van der Waals surface area contributed by atoms with Crippen LogP contribution in [0.2, 0.25) is 0 Å². The molecule has 0 atom stereocenters. The molecule has 1 aromatic rings. The van der Waals surface area contributed by atoms with Crippen LogP contribution < -0.4 is 5.32 Å². The van der Waals surface area contributed by atoms with Gasteiger partial charge in [-0.2, -0.15) is 17.5 Å². The third kappa shape index (κ3) is 4.97. The number of sulfonamides is 1. The third-order valence-corrected chi connectivity index (χ3v) is 5.78. The SMILES string of the molecule is C#CCNC(=O)CN1CCN(S(=O)(=O)c2cccc(C(F)(F)F)c2)CC1. The molecule has 2 rings (SSSR count). The second-order valence-electron chi connectivity index (χ2n) is 5.69. The van der Waals surface area contributed by atoms with E-state index in [0.29, 0.717) is 19.2 Å². The topological polar surface area (TPSA) is 69.7 Å². The van der Waals surface area contributed by atoms with E-state index in [1.54, 1.807) is 4.90 Å². The minimum atomic E-state index is -4.62. The standard InChI is InChI=1S/C16H18F3N3O3S/c1-2-6-20-15(23)12-21-7-9-22(10-8-21)26(24,25)14-5-3-4-13(11-14)16(17,18)19/h1,3-5,11H,6-10,12H2,(H,20,23). The molecule has 1 fully saturated rings. The number of terminal acetylenes is 1. The molecule has 0 bridgehead atoms. The summed E-state index contributed by atoms with van der Waals surface area (Å²) >= 11 is 0. The Morgan fingerprint density at radius 2 is 1.88 bits per heavy atom. The molecule has 0 radical (unpaired) electrons. The zero-order chi connectivity index (χ0) is 19.4. The molecule has 1 amide bonds. The highest BCUT2D eigenvalue weighted by molar-refractivity contribution is 7.89. The van der Waals surface area contributed by atoms with E-state index in [4.69, 9.17) is 6.42 Å². The van der Waals surface area contributed by atoms with Crippen LogP contribution in [0.5, 0.6) is 0 Å². The molecule has 0 unspecified atom stereocenters. The van der Waals surface area contributed by atoms with Crippen LogP contribution in [-0.4, -0.2) is 62.8 Å². The molecule has 142 valence electrons. The summed E-state index contributed by atoms with van der Waals surface area (Å²) in [6.07, 6.45) is 0.432. The lowest BCUT2D eigenvalue weighted by Gasteiger charge is -2.33. The monoisotopic (exact) mass is 389 g/mol. The number of rotatable bonds is 5. The Balaban J connectivity index is 2.02. The maximum Gasteiger partial charge on any atom is 0.416 e. The van der Waals surface area contributed by atoms with E-state index >= 15 is 0 Å². The normalized spacial score (nSPS) is 16.8. The first-order valence-electron chi connectivity index (χ1n) is 7.74. The van der Waals surface area contributed by atoms with E-state index in [1.807, 2.05) is 0 Å². The van der Waals surface area contributed by atoms with Crippen LogP contribution in [0.3, 0.4) is 0 Å². The fourth-order valence-electron chi connectivity index (χ4n) is 2.52. The van der Waals surface area contributed by atoms with E-state index < -0.39 is 26.7 Å². The Labute approximate surface area is 150 Å². The van der Waals surface area contributed by atoms with Crippen molar-refractivity contribution in [2.45, 2.75) is 11.1 Å². The van der Waals surface area contributed by atoms with Gasteiger partial charge in [0, 0.05) is 26.2 Å². The summed E-state index contributed by atoms with van der Waals surface area (Å²) in [6.45, 7) is 0.952. The summed E-state index contributed by atoms with van der Waals surface area (Å²) in [4.78, 5) is 13.0. The van der Waals surface area contributed by atoms with Crippen molar-refractivity contribution < 1.29 is 26.4 Å². The Morgan fingerprint density at radius 3 is 2.46 bits per heavy atom. The second-order valence-corrected chi connectivity index (χ2v) is 7.62. The molecule has 1 aliphatic rings. The largest absolute Gasteiger partial charge is 0.416 e. The average Bonchev–Trinajstić information content (AvgIpc) is 2.60. The number of nitrogens with one attached hydrogen (secondary N) is 1. The van der Waals surface area contributed by atoms with Crippen LogP contribution in [-0.2, 0) is 21.0 Å². The maximum atomic E-state index is 12.8. The zero-order valence-electron chi connectivity index (χ0n) is 13.8. The summed E-state index contributed by atoms with van der Waals surface area (Å²) in [5.74, 6) is 2.01. The van der Waals surface area contributed by atoms with Gasteiger partial charge >= 0.3 is 6.18 Å².